The van der Waals surface area contributed by atoms with E-state index in [-0.39, 0.29) is 18.3 Å². The maximum atomic E-state index is 12.1. The van der Waals surface area contributed by atoms with Gasteiger partial charge in [0.05, 0.1) is 20.1 Å². The Labute approximate surface area is 186 Å². The van der Waals surface area contributed by atoms with Gasteiger partial charge in [-0.3, -0.25) is 9.78 Å². The maximum absolute atomic E-state index is 12.1. The number of aromatic amines is 1. The third-order valence-corrected chi connectivity index (χ3v) is 5.44. The number of esters is 1. The molecule has 4 aromatic rings. The van der Waals surface area contributed by atoms with E-state index in [4.69, 9.17) is 9.47 Å². The summed E-state index contributed by atoms with van der Waals surface area (Å²) in [6.45, 7) is 0.514. The smallest absolute Gasteiger partial charge is 0.306 e. The predicted octanol–water partition coefficient (Wildman–Crippen LogP) is 4.32. The Kier molecular flexibility index (Phi) is 6.65. The summed E-state index contributed by atoms with van der Waals surface area (Å²) in [5.41, 5.74) is 3.91. The molecular formula is C25H26N4O3. The Morgan fingerprint density at radius 3 is 2.88 bits per heavy atom. The molecule has 3 aromatic heterocycles. The molecule has 0 fully saturated rings. The van der Waals surface area contributed by atoms with Crippen LogP contribution in [0.2, 0.25) is 0 Å². The highest BCUT2D eigenvalue weighted by Gasteiger charge is 2.22. The van der Waals surface area contributed by atoms with E-state index in [0.717, 1.165) is 39.3 Å². The minimum absolute atomic E-state index is 0.173. The van der Waals surface area contributed by atoms with Crippen molar-refractivity contribution in [3.05, 3.63) is 83.9 Å². The molecular weight excluding hydrogens is 404 g/mol. The van der Waals surface area contributed by atoms with Crippen LogP contribution in [0, 0.1) is 0 Å². The molecule has 0 spiro atoms. The van der Waals surface area contributed by atoms with E-state index in [0.29, 0.717) is 13.0 Å². The zero-order valence-corrected chi connectivity index (χ0v) is 18.2. The van der Waals surface area contributed by atoms with Gasteiger partial charge in [-0.05, 0) is 47.5 Å². The molecule has 2 N–H and O–H groups in total. The SMILES string of the molecule is CNc1cccc(CCOc2ccc3[nH]cc(C(CC(=O)OC)c4cccnc4)c3c2)n1. The largest absolute Gasteiger partial charge is 0.493 e. The van der Waals surface area contributed by atoms with E-state index in [2.05, 4.69) is 20.3 Å². The van der Waals surface area contributed by atoms with Gasteiger partial charge in [0, 0.05) is 54.6 Å². The van der Waals surface area contributed by atoms with Crippen molar-refractivity contribution in [1.29, 1.82) is 0 Å². The van der Waals surface area contributed by atoms with Crippen molar-refractivity contribution < 1.29 is 14.3 Å². The van der Waals surface area contributed by atoms with Crippen molar-refractivity contribution in [2.24, 2.45) is 0 Å². The van der Waals surface area contributed by atoms with Gasteiger partial charge < -0.3 is 19.8 Å². The average Bonchev–Trinajstić information content (AvgIpc) is 3.26. The number of carbonyl (C=O) groups excluding carboxylic acids is 1. The van der Waals surface area contributed by atoms with Crippen LogP contribution in [0.5, 0.6) is 5.75 Å². The summed E-state index contributed by atoms with van der Waals surface area (Å²) in [5, 5.41) is 4.06. The van der Waals surface area contributed by atoms with Gasteiger partial charge in [-0.25, -0.2) is 4.98 Å². The normalized spacial score (nSPS) is 11.8. The minimum Gasteiger partial charge on any atom is -0.493 e. The summed E-state index contributed by atoms with van der Waals surface area (Å²) in [4.78, 5) is 24.2. The third kappa shape index (κ3) is 4.88. The van der Waals surface area contributed by atoms with Crippen molar-refractivity contribution >= 4 is 22.7 Å². The number of pyridine rings is 2. The van der Waals surface area contributed by atoms with Crippen LogP contribution in [-0.4, -0.2) is 41.7 Å². The molecule has 7 nitrogen and oxygen atoms in total. The van der Waals surface area contributed by atoms with Gasteiger partial charge in [-0.2, -0.15) is 0 Å². The average molecular weight is 431 g/mol. The number of ether oxygens (including phenoxy) is 2. The van der Waals surface area contributed by atoms with Gasteiger partial charge >= 0.3 is 5.97 Å². The Bertz CT molecular complexity index is 1190. The summed E-state index contributed by atoms with van der Waals surface area (Å²) < 4.78 is 11.0. The van der Waals surface area contributed by atoms with Crippen LogP contribution in [0.1, 0.15) is 29.2 Å². The fourth-order valence-corrected chi connectivity index (χ4v) is 3.77. The molecule has 0 amide bonds. The molecule has 4 rings (SSSR count). The number of fused-ring (bicyclic) bond motifs is 1. The summed E-state index contributed by atoms with van der Waals surface area (Å²) in [5.74, 6) is 1.17. The standard InChI is InChI=1S/C25H26N4O3/c1-26-24-7-3-6-18(29-24)10-12-32-19-8-9-23-21(13-19)22(16-28-23)20(14-25(30)31-2)17-5-4-11-27-15-17/h3-9,11,13,15-16,20,28H,10,12,14H2,1-2H3,(H,26,29). The molecule has 1 atom stereocenters. The van der Waals surface area contributed by atoms with Crippen LogP contribution in [-0.2, 0) is 16.0 Å². The van der Waals surface area contributed by atoms with Gasteiger partial charge in [0.25, 0.3) is 0 Å². The van der Waals surface area contributed by atoms with Crippen molar-refractivity contribution in [2.45, 2.75) is 18.8 Å². The zero-order chi connectivity index (χ0) is 22.3. The number of rotatable bonds is 9. The number of aromatic nitrogens is 3. The molecule has 1 aromatic carbocycles. The molecule has 0 bridgehead atoms. The molecule has 0 aliphatic carbocycles. The van der Waals surface area contributed by atoms with Crippen LogP contribution >= 0.6 is 0 Å². The van der Waals surface area contributed by atoms with Crippen molar-refractivity contribution in [1.82, 2.24) is 15.0 Å². The van der Waals surface area contributed by atoms with Gasteiger partial charge in [0.2, 0.25) is 0 Å². The molecule has 0 saturated heterocycles. The number of methoxy groups -OCH3 is 1. The molecule has 0 radical (unpaired) electrons. The van der Waals surface area contributed by atoms with E-state index in [1.807, 2.05) is 61.8 Å². The fraction of sp³-hybridized carbons (Fsp3) is 0.240. The molecule has 0 aliphatic rings. The number of nitrogens with zero attached hydrogens (tertiary/aromatic N) is 2. The first-order chi connectivity index (χ1) is 15.7. The number of H-pyrrole nitrogens is 1. The highest BCUT2D eigenvalue weighted by atomic mass is 16.5. The second-order valence-corrected chi connectivity index (χ2v) is 7.43. The number of benzene rings is 1. The van der Waals surface area contributed by atoms with Crippen LogP contribution in [0.4, 0.5) is 5.82 Å². The van der Waals surface area contributed by atoms with Crippen LogP contribution in [0.25, 0.3) is 10.9 Å². The molecule has 32 heavy (non-hydrogen) atoms. The lowest BCUT2D eigenvalue weighted by atomic mass is 9.89. The second kappa shape index (κ2) is 9.96. The van der Waals surface area contributed by atoms with E-state index < -0.39 is 0 Å². The highest BCUT2D eigenvalue weighted by molar-refractivity contribution is 5.86. The lowest BCUT2D eigenvalue weighted by Crippen LogP contribution is -2.10. The molecule has 1 unspecified atom stereocenters. The number of nitrogens with one attached hydrogen (secondary N) is 2. The van der Waals surface area contributed by atoms with Crippen LogP contribution in [0.15, 0.2) is 67.1 Å². The molecule has 0 aliphatic heterocycles. The maximum Gasteiger partial charge on any atom is 0.306 e. The van der Waals surface area contributed by atoms with E-state index in [9.17, 15) is 4.79 Å². The topological polar surface area (TPSA) is 89.1 Å². The minimum atomic E-state index is -0.267. The number of anilines is 1. The fourth-order valence-electron chi connectivity index (χ4n) is 3.77. The van der Waals surface area contributed by atoms with Crippen LogP contribution < -0.4 is 10.1 Å². The van der Waals surface area contributed by atoms with Crippen molar-refractivity contribution in [2.75, 3.05) is 26.1 Å². The lowest BCUT2D eigenvalue weighted by molar-refractivity contribution is -0.140. The van der Waals surface area contributed by atoms with Gasteiger partial charge in [0.15, 0.2) is 0 Å². The van der Waals surface area contributed by atoms with E-state index >= 15 is 0 Å². The Balaban J connectivity index is 1.56. The summed E-state index contributed by atoms with van der Waals surface area (Å²) in [6, 6.07) is 15.7. The predicted molar refractivity (Wildman–Crippen MR) is 124 cm³/mol. The number of hydrogen-bond acceptors (Lipinski definition) is 6. The number of carbonyl (C=O) groups is 1. The highest BCUT2D eigenvalue weighted by Crippen LogP contribution is 2.35. The Morgan fingerprint density at radius 2 is 2.09 bits per heavy atom. The summed E-state index contributed by atoms with van der Waals surface area (Å²) >= 11 is 0. The first-order valence-electron chi connectivity index (χ1n) is 10.5. The lowest BCUT2D eigenvalue weighted by Gasteiger charge is -2.16. The Morgan fingerprint density at radius 1 is 1.19 bits per heavy atom. The molecule has 164 valence electrons. The molecule has 7 heteroatoms. The molecule has 0 saturated carbocycles. The van der Waals surface area contributed by atoms with Gasteiger partial charge in [-0.1, -0.05) is 12.1 Å². The monoisotopic (exact) mass is 430 g/mol. The van der Waals surface area contributed by atoms with Crippen molar-refractivity contribution in [3.8, 4) is 5.75 Å². The van der Waals surface area contributed by atoms with Crippen LogP contribution in [0.3, 0.4) is 0 Å². The molecule has 3 heterocycles. The van der Waals surface area contributed by atoms with Crippen molar-refractivity contribution in [3.63, 3.8) is 0 Å². The summed E-state index contributed by atoms with van der Waals surface area (Å²) in [7, 11) is 3.26. The Hall–Kier alpha value is -3.87. The first kappa shape index (κ1) is 21.4. The second-order valence-electron chi connectivity index (χ2n) is 7.43. The third-order valence-electron chi connectivity index (χ3n) is 5.44. The quantitative estimate of drug-likeness (QED) is 0.385. The van der Waals surface area contributed by atoms with E-state index in [1.54, 1.807) is 12.4 Å². The van der Waals surface area contributed by atoms with Gasteiger partial charge in [-0.15, -0.1) is 0 Å². The van der Waals surface area contributed by atoms with Gasteiger partial charge in [0.1, 0.15) is 11.6 Å². The first-order valence-corrected chi connectivity index (χ1v) is 10.5. The number of hydrogen-bond donors (Lipinski definition) is 2. The zero-order valence-electron chi connectivity index (χ0n) is 18.2. The van der Waals surface area contributed by atoms with E-state index in [1.165, 1.54) is 7.11 Å². The summed E-state index contributed by atoms with van der Waals surface area (Å²) in [6.07, 6.45) is 6.39.